The highest BCUT2D eigenvalue weighted by molar-refractivity contribution is 9.10. The van der Waals surface area contributed by atoms with Crippen molar-refractivity contribution in [3.63, 3.8) is 0 Å². The molecule has 2 N–H and O–H groups in total. The molecule has 3 rings (SSSR count). The van der Waals surface area contributed by atoms with Gasteiger partial charge in [0, 0.05) is 17.6 Å². The summed E-state index contributed by atoms with van der Waals surface area (Å²) < 4.78 is 13.7. The minimum Gasteiger partial charge on any atom is -0.399 e. The summed E-state index contributed by atoms with van der Waals surface area (Å²) in [6.45, 7) is 1.87. The first kappa shape index (κ1) is 18.8. The van der Waals surface area contributed by atoms with Crippen LogP contribution in [0.15, 0.2) is 64.4 Å². The van der Waals surface area contributed by atoms with Crippen LogP contribution in [0.2, 0.25) is 0 Å². The Morgan fingerprint density at radius 1 is 1.04 bits per heavy atom. The van der Waals surface area contributed by atoms with E-state index in [9.17, 15) is 4.39 Å². The van der Waals surface area contributed by atoms with E-state index in [-0.39, 0.29) is 5.82 Å². The van der Waals surface area contributed by atoms with Crippen molar-refractivity contribution in [2.24, 2.45) is 5.16 Å². The number of benzene rings is 2. The minimum absolute atomic E-state index is 0.293. The van der Waals surface area contributed by atoms with Gasteiger partial charge in [-0.2, -0.15) is 4.98 Å². The van der Waals surface area contributed by atoms with Crippen molar-refractivity contribution in [1.82, 2.24) is 9.97 Å². The second-order valence-electron chi connectivity index (χ2n) is 5.58. The molecule has 0 spiro atoms. The number of anilines is 4. The van der Waals surface area contributed by atoms with Crippen LogP contribution in [0.4, 0.5) is 27.5 Å². The molecular weight excluding hydrogens is 413 g/mol. The third-order valence-electron chi connectivity index (χ3n) is 3.64. The van der Waals surface area contributed by atoms with Gasteiger partial charge in [-0.15, -0.1) is 0 Å². The maximum Gasteiger partial charge on any atom is 0.229 e. The Morgan fingerprint density at radius 3 is 2.33 bits per heavy atom. The quantitative estimate of drug-likeness (QED) is 0.414. The lowest BCUT2D eigenvalue weighted by atomic mass is 10.1. The summed E-state index contributed by atoms with van der Waals surface area (Å²) in [6.07, 6.45) is 1.64. The number of halogens is 2. The maximum absolute atomic E-state index is 13.0. The Morgan fingerprint density at radius 2 is 1.67 bits per heavy atom. The molecular formula is C19H17BrFN5O. The molecule has 0 unspecified atom stereocenters. The lowest BCUT2D eigenvalue weighted by Crippen LogP contribution is -2.02. The van der Waals surface area contributed by atoms with E-state index in [2.05, 4.69) is 41.7 Å². The van der Waals surface area contributed by atoms with Crippen LogP contribution >= 0.6 is 15.9 Å². The standard InChI is InChI=1S/C19H17BrFN5O/c1-12(26-27-2)13-3-7-16(8-4-13)24-19-22-11-17(20)18(25-19)23-15-9-5-14(21)6-10-15/h3-11H,1-2H3,(H2,22,23,24,25)/b26-12+. The minimum atomic E-state index is -0.293. The van der Waals surface area contributed by atoms with Gasteiger partial charge in [0.05, 0.1) is 10.2 Å². The molecule has 0 amide bonds. The summed E-state index contributed by atoms with van der Waals surface area (Å²) in [5.41, 5.74) is 3.30. The van der Waals surface area contributed by atoms with Gasteiger partial charge in [-0.3, -0.25) is 0 Å². The molecule has 0 fully saturated rings. The Balaban J connectivity index is 1.75. The highest BCUT2D eigenvalue weighted by Gasteiger charge is 2.07. The number of hydrogen-bond donors (Lipinski definition) is 2. The number of oxime groups is 1. The molecule has 8 heteroatoms. The molecule has 0 radical (unpaired) electrons. The summed E-state index contributed by atoms with van der Waals surface area (Å²) in [5, 5.41) is 10.2. The molecule has 6 nitrogen and oxygen atoms in total. The second-order valence-corrected chi connectivity index (χ2v) is 6.44. The molecule has 0 saturated carbocycles. The Hall–Kier alpha value is -3.00. The van der Waals surface area contributed by atoms with Gasteiger partial charge in [-0.25, -0.2) is 9.37 Å². The number of aromatic nitrogens is 2. The van der Waals surface area contributed by atoms with Crippen LogP contribution in [0.25, 0.3) is 0 Å². The molecule has 0 atom stereocenters. The maximum atomic E-state index is 13.0. The first-order valence-electron chi connectivity index (χ1n) is 8.05. The molecule has 138 valence electrons. The molecule has 0 aliphatic carbocycles. The van der Waals surface area contributed by atoms with Gasteiger partial charge in [0.2, 0.25) is 5.95 Å². The van der Waals surface area contributed by atoms with E-state index in [4.69, 9.17) is 4.84 Å². The zero-order chi connectivity index (χ0) is 19.2. The molecule has 3 aromatic rings. The first-order valence-corrected chi connectivity index (χ1v) is 8.85. The highest BCUT2D eigenvalue weighted by Crippen LogP contribution is 2.25. The SMILES string of the molecule is CO/N=C(\C)c1ccc(Nc2ncc(Br)c(Nc3ccc(F)cc3)n2)cc1. The summed E-state index contributed by atoms with van der Waals surface area (Å²) in [4.78, 5) is 13.5. The van der Waals surface area contributed by atoms with Crippen LogP contribution < -0.4 is 10.6 Å². The average Bonchev–Trinajstić information content (AvgIpc) is 2.67. The summed E-state index contributed by atoms with van der Waals surface area (Å²) in [6, 6.07) is 13.7. The van der Waals surface area contributed by atoms with E-state index >= 15 is 0 Å². The smallest absolute Gasteiger partial charge is 0.229 e. The topological polar surface area (TPSA) is 71.4 Å². The highest BCUT2D eigenvalue weighted by atomic mass is 79.9. The largest absolute Gasteiger partial charge is 0.399 e. The Bertz CT molecular complexity index is 945. The fourth-order valence-electron chi connectivity index (χ4n) is 2.30. The van der Waals surface area contributed by atoms with Crippen LogP contribution in [0, 0.1) is 5.82 Å². The average molecular weight is 430 g/mol. The number of nitrogens with one attached hydrogen (secondary N) is 2. The predicted octanol–water partition coefficient (Wildman–Crippen LogP) is 5.24. The number of hydrogen-bond acceptors (Lipinski definition) is 6. The van der Waals surface area contributed by atoms with Crippen molar-refractivity contribution in [3.05, 3.63) is 70.6 Å². The third-order valence-corrected chi connectivity index (χ3v) is 4.22. The first-order chi connectivity index (χ1) is 13.0. The zero-order valence-electron chi connectivity index (χ0n) is 14.7. The van der Waals surface area contributed by atoms with Gasteiger partial charge in [0.25, 0.3) is 0 Å². The molecule has 0 aliphatic rings. The van der Waals surface area contributed by atoms with Crippen molar-refractivity contribution < 1.29 is 9.23 Å². The molecule has 1 aromatic heterocycles. The van der Waals surface area contributed by atoms with Crippen molar-refractivity contribution in [1.29, 1.82) is 0 Å². The normalized spacial score (nSPS) is 11.2. The lowest BCUT2D eigenvalue weighted by Gasteiger charge is -2.10. The van der Waals surface area contributed by atoms with E-state index in [0.717, 1.165) is 22.6 Å². The fourth-order valence-corrected chi connectivity index (χ4v) is 2.59. The van der Waals surface area contributed by atoms with Gasteiger partial charge in [0.1, 0.15) is 18.7 Å². The van der Waals surface area contributed by atoms with Crippen LogP contribution in [-0.2, 0) is 4.84 Å². The number of nitrogens with zero attached hydrogens (tertiary/aromatic N) is 3. The van der Waals surface area contributed by atoms with E-state index in [1.165, 1.54) is 19.2 Å². The van der Waals surface area contributed by atoms with Gasteiger partial charge >= 0.3 is 0 Å². The van der Waals surface area contributed by atoms with Crippen molar-refractivity contribution >= 4 is 44.8 Å². The molecule has 0 aliphatic heterocycles. The van der Waals surface area contributed by atoms with Crippen molar-refractivity contribution in [2.75, 3.05) is 17.7 Å². The Kier molecular flexibility index (Phi) is 5.97. The third kappa shape index (κ3) is 5.01. The molecule has 0 bridgehead atoms. The summed E-state index contributed by atoms with van der Waals surface area (Å²) in [5.74, 6) is 0.704. The van der Waals surface area contributed by atoms with Crippen LogP contribution in [0.1, 0.15) is 12.5 Å². The predicted molar refractivity (Wildman–Crippen MR) is 108 cm³/mol. The van der Waals surface area contributed by atoms with Gasteiger partial charge in [0.15, 0.2) is 0 Å². The van der Waals surface area contributed by atoms with E-state index in [1.807, 2.05) is 31.2 Å². The zero-order valence-corrected chi connectivity index (χ0v) is 16.3. The molecule has 0 saturated heterocycles. The van der Waals surface area contributed by atoms with Crippen LogP contribution in [0.5, 0.6) is 0 Å². The summed E-state index contributed by atoms with van der Waals surface area (Å²) >= 11 is 3.41. The molecule has 2 aromatic carbocycles. The molecule has 1 heterocycles. The Labute approximate surface area is 164 Å². The van der Waals surface area contributed by atoms with Gasteiger partial charge in [-0.1, -0.05) is 17.3 Å². The number of rotatable bonds is 6. The van der Waals surface area contributed by atoms with Crippen molar-refractivity contribution in [3.8, 4) is 0 Å². The van der Waals surface area contributed by atoms with E-state index in [1.54, 1.807) is 18.3 Å². The van der Waals surface area contributed by atoms with Gasteiger partial charge < -0.3 is 15.5 Å². The second kappa shape index (κ2) is 8.59. The van der Waals surface area contributed by atoms with E-state index in [0.29, 0.717) is 16.2 Å². The van der Waals surface area contributed by atoms with Crippen LogP contribution in [0.3, 0.4) is 0 Å². The molecule has 27 heavy (non-hydrogen) atoms. The van der Waals surface area contributed by atoms with Crippen LogP contribution in [-0.4, -0.2) is 22.8 Å². The van der Waals surface area contributed by atoms with Crippen molar-refractivity contribution in [2.45, 2.75) is 6.92 Å². The summed E-state index contributed by atoms with van der Waals surface area (Å²) in [7, 11) is 1.52. The van der Waals surface area contributed by atoms with E-state index < -0.39 is 0 Å². The monoisotopic (exact) mass is 429 g/mol. The fraction of sp³-hybridized carbons (Fsp3) is 0.105. The van der Waals surface area contributed by atoms with Gasteiger partial charge in [-0.05, 0) is 64.8 Å². The lowest BCUT2D eigenvalue weighted by molar-refractivity contribution is 0.213.